The van der Waals surface area contributed by atoms with Crippen LogP contribution in [0, 0.1) is 0 Å². The minimum atomic E-state index is -3.34. The van der Waals surface area contributed by atoms with Crippen LogP contribution in [0.15, 0.2) is 24.3 Å². The Hall–Kier alpha value is -1.96. The summed E-state index contributed by atoms with van der Waals surface area (Å²) in [6, 6.07) is 7.10. The van der Waals surface area contributed by atoms with Crippen molar-refractivity contribution in [3.63, 3.8) is 0 Å². The van der Waals surface area contributed by atoms with Gasteiger partial charge in [-0.05, 0) is 12.1 Å². The van der Waals surface area contributed by atoms with Crippen LogP contribution in [0.3, 0.4) is 0 Å². The van der Waals surface area contributed by atoms with Gasteiger partial charge in [-0.25, -0.2) is 13.2 Å². The van der Waals surface area contributed by atoms with Gasteiger partial charge in [0.25, 0.3) is 0 Å². The topological polar surface area (TPSA) is 90.0 Å². The number of rotatable bonds is 3. The lowest BCUT2D eigenvalue weighted by Crippen LogP contribution is -2.48. The maximum atomic E-state index is 11.4. The van der Waals surface area contributed by atoms with Crippen LogP contribution in [-0.4, -0.2) is 57.0 Å². The molecule has 20 heavy (non-hydrogen) atoms. The summed E-state index contributed by atoms with van der Waals surface area (Å²) in [5.41, 5.74) is 1.28. The van der Waals surface area contributed by atoms with E-state index in [0.717, 1.165) is 11.9 Å². The molecule has 0 radical (unpaired) electrons. The molecule has 0 saturated carbocycles. The fourth-order valence-corrected chi connectivity index (χ4v) is 2.75. The second kappa shape index (κ2) is 5.58. The Labute approximate surface area is 117 Å². The molecule has 0 atom stereocenters. The average molecular weight is 299 g/mol. The van der Waals surface area contributed by atoms with Crippen molar-refractivity contribution in [1.29, 1.82) is 0 Å². The number of carbonyl (C=O) groups is 1. The van der Waals surface area contributed by atoms with Crippen LogP contribution < -0.4 is 9.62 Å². The number of anilines is 2. The van der Waals surface area contributed by atoms with Gasteiger partial charge in [-0.3, -0.25) is 4.72 Å². The molecule has 8 heteroatoms. The lowest BCUT2D eigenvalue weighted by atomic mass is 10.2. The summed E-state index contributed by atoms with van der Waals surface area (Å²) < 4.78 is 25.2. The smallest absolute Gasteiger partial charge is 0.407 e. The second-order valence-electron chi connectivity index (χ2n) is 4.65. The quantitative estimate of drug-likeness (QED) is 0.864. The Morgan fingerprint density at radius 3 is 2.35 bits per heavy atom. The number of carboxylic acid groups (broad SMARTS) is 1. The predicted molar refractivity (Wildman–Crippen MR) is 76.7 cm³/mol. The van der Waals surface area contributed by atoms with Crippen molar-refractivity contribution in [2.75, 3.05) is 42.1 Å². The number of para-hydroxylation sites is 2. The zero-order valence-electron chi connectivity index (χ0n) is 11.1. The zero-order valence-corrected chi connectivity index (χ0v) is 11.9. The van der Waals surface area contributed by atoms with Crippen LogP contribution in [0.5, 0.6) is 0 Å². The number of hydrogen-bond acceptors (Lipinski definition) is 4. The molecule has 0 spiro atoms. The summed E-state index contributed by atoms with van der Waals surface area (Å²) >= 11 is 0. The number of nitrogens with zero attached hydrogens (tertiary/aromatic N) is 2. The number of nitrogens with one attached hydrogen (secondary N) is 1. The first-order chi connectivity index (χ1) is 9.37. The molecule has 1 amide bonds. The number of piperazine rings is 1. The fourth-order valence-electron chi connectivity index (χ4n) is 2.17. The monoisotopic (exact) mass is 299 g/mol. The van der Waals surface area contributed by atoms with Crippen molar-refractivity contribution in [2.45, 2.75) is 0 Å². The number of amides is 1. The molecule has 1 aliphatic rings. The van der Waals surface area contributed by atoms with E-state index >= 15 is 0 Å². The van der Waals surface area contributed by atoms with Gasteiger partial charge in [0.1, 0.15) is 0 Å². The molecule has 1 heterocycles. The van der Waals surface area contributed by atoms with Crippen LogP contribution in [0.25, 0.3) is 0 Å². The minimum Gasteiger partial charge on any atom is -0.465 e. The third-order valence-electron chi connectivity index (χ3n) is 3.09. The summed E-state index contributed by atoms with van der Waals surface area (Å²) in [5, 5.41) is 8.92. The summed E-state index contributed by atoms with van der Waals surface area (Å²) in [4.78, 5) is 14.2. The van der Waals surface area contributed by atoms with Gasteiger partial charge in [0, 0.05) is 26.2 Å². The van der Waals surface area contributed by atoms with Crippen LogP contribution in [0.2, 0.25) is 0 Å². The third kappa shape index (κ3) is 3.53. The van der Waals surface area contributed by atoms with E-state index in [0.29, 0.717) is 31.9 Å². The van der Waals surface area contributed by atoms with Crippen molar-refractivity contribution in [2.24, 2.45) is 0 Å². The lowest BCUT2D eigenvalue weighted by molar-refractivity contribution is 0.142. The van der Waals surface area contributed by atoms with E-state index in [4.69, 9.17) is 5.11 Å². The first kappa shape index (κ1) is 14.4. The third-order valence-corrected chi connectivity index (χ3v) is 3.68. The summed E-state index contributed by atoms with van der Waals surface area (Å²) in [6.45, 7) is 1.88. The maximum absolute atomic E-state index is 11.4. The van der Waals surface area contributed by atoms with E-state index in [9.17, 15) is 13.2 Å². The highest BCUT2D eigenvalue weighted by atomic mass is 32.2. The van der Waals surface area contributed by atoms with Gasteiger partial charge in [0.15, 0.2) is 0 Å². The van der Waals surface area contributed by atoms with E-state index in [1.165, 1.54) is 4.90 Å². The molecule has 2 N–H and O–H groups in total. The first-order valence-corrected chi connectivity index (χ1v) is 8.05. The van der Waals surface area contributed by atoms with E-state index in [1.807, 2.05) is 17.0 Å². The van der Waals surface area contributed by atoms with Crippen molar-refractivity contribution in [3.05, 3.63) is 24.3 Å². The van der Waals surface area contributed by atoms with Crippen LogP contribution in [0.4, 0.5) is 16.2 Å². The molecule has 0 unspecified atom stereocenters. The molecular weight excluding hydrogens is 282 g/mol. The fraction of sp³-hybridized carbons (Fsp3) is 0.417. The Kier molecular flexibility index (Phi) is 4.03. The first-order valence-electron chi connectivity index (χ1n) is 6.16. The molecule has 0 bridgehead atoms. The highest BCUT2D eigenvalue weighted by Crippen LogP contribution is 2.27. The summed E-state index contributed by atoms with van der Waals surface area (Å²) in [6.07, 6.45) is 0.179. The average Bonchev–Trinajstić information content (AvgIpc) is 2.37. The summed E-state index contributed by atoms with van der Waals surface area (Å²) in [7, 11) is -3.34. The van der Waals surface area contributed by atoms with E-state index in [-0.39, 0.29) is 0 Å². The highest BCUT2D eigenvalue weighted by Gasteiger charge is 2.22. The van der Waals surface area contributed by atoms with Gasteiger partial charge in [0.2, 0.25) is 10.0 Å². The van der Waals surface area contributed by atoms with Crippen molar-refractivity contribution < 1.29 is 18.3 Å². The largest absolute Gasteiger partial charge is 0.465 e. The zero-order chi connectivity index (χ0) is 14.8. The molecule has 7 nitrogen and oxygen atoms in total. The molecule has 1 saturated heterocycles. The normalized spacial score (nSPS) is 16.1. The van der Waals surface area contributed by atoms with E-state index < -0.39 is 16.1 Å². The van der Waals surface area contributed by atoms with Crippen LogP contribution >= 0.6 is 0 Å². The number of hydrogen-bond donors (Lipinski definition) is 2. The Bertz CT molecular complexity index is 594. The molecule has 1 fully saturated rings. The Morgan fingerprint density at radius 1 is 1.20 bits per heavy atom. The minimum absolute atomic E-state index is 0.405. The van der Waals surface area contributed by atoms with Crippen LogP contribution in [-0.2, 0) is 10.0 Å². The SMILES string of the molecule is CS(=O)(=O)Nc1ccccc1N1CCN(C(=O)O)CC1. The highest BCUT2D eigenvalue weighted by molar-refractivity contribution is 7.92. The molecule has 1 aromatic rings. The molecule has 1 aromatic carbocycles. The number of sulfonamides is 1. The Morgan fingerprint density at radius 2 is 1.80 bits per heavy atom. The standard InChI is InChI=1S/C12H17N3O4S/c1-20(18,19)13-10-4-2-3-5-11(10)14-6-8-15(9-7-14)12(16)17/h2-5,13H,6-9H2,1H3,(H,16,17). The second-order valence-corrected chi connectivity index (χ2v) is 6.40. The molecular formula is C12H17N3O4S. The molecule has 0 aliphatic carbocycles. The van der Waals surface area contributed by atoms with Crippen LogP contribution in [0.1, 0.15) is 0 Å². The van der Waals surface area contributed by atoms with Gasteiger partial charge in [0.05, 0.1) is 17.6 Å². The molecule has 1 aliphatic heterocycles. The van der Waals surface area contributed by atoms with Crippen molar-refractivity contribution in [1.82, 2.24) is 4.90 Å². The van der Waals surface area contributed by atoms with Crippen molar-refractivity contribution >= 4 is 27.5 Å². The van der Waals surface area contributed by atoms with E-state index in [1.54, 1.807) is 12.1 Å². The lowest BCUT2D eigenvalue weighted by Gasteiger charge is -2.35. The van der Waals surface area contributed by atoms with Gasteiger partial charge >= 0.3 is 6.09 Å². The van der Waals surface area contributed by atoms with Crippen molar-refractivity contribution in [3.8, 4) is 0 Å². The molecule has 2 rings (SSSR count). The predicted octanol–water partition coefficient (Wildman–Crippen LogP) is 0.858. The van der Waals surface area contributed by atoms with Gasteiger partial charge in [-0.1, -0.05) is 12.1 Å². The van der Waals surface area contributed by atoms with Gasteiger partial charge < -0.3 is 14.9 Å². The van der Waals surface area contributed by atoms with Gasteiger partial charge in [-0.2, -0.15) is 0 Å². The number of benzene rings is 1. The summed E-state index contributed by atoms with van der Waals surface area (Å²) in [5.74, 6) is 0. The maximum Gasteiger partial charge on any atom is 0.407 e. The molecule has 110 valence electrons. The Balaban J connectivity index is 2.16. The molecule has 0 aromatic heterocycles. The van der Waals surface area contributed by atoms with Gasteiger partial charge in [-0.15, -0.1) is 0 Å². The van der Waals surface area contributed by atoms with E-state index in [2.05, 4.69) is 4.72 Å².